The first-order chi connectivity index (χ1) is 7.65. The Kier molecular flexibility index (Phi) is 5.12. The highest BCUT2D eigenvalue weighted by atomic mass is 35.5. The summed E-state index contributed by atoms with van der Waals surface area (Å²) in [5, 5.41) is 14.0. The van der Waals surface area contributed by atoms with Gasteiger partial charge in [-0.05, 0) is 42.5 Å². The molecule has 1 aromatic rings. The third kappa shape index (κ3) is 3.74. The van der Waals surface area contributed by atoms with E-state index in [0.29, 0.717) is 24.4 Å². The molecule has 0 fully saturated rings. The molecule has 1 aromatic carbocycles. The van der Waals surface area contributed by atoms with E-state index in [0.717, 1.165) is 11.1 Å². The molecule has 0 heterocycles. The van der Waals surface area contributed by atoms with Crippen molar-refractivity contribution in [2.24, 2.45) is 5.11 Å². The first kappa shape index (κ1) is 12.8. The number of hydrogen-bond acceptors (Lipinski definition) is 2. The molecular formula is C11H14ClN3O. The molecule has 1 rings (SSSR count). The number of rotatable bonds is 5. The molecule has 0 radical (unpaired) electrons. The molecule has 1 unspecified atom stereocenters. The molecule has 5 heteroatoms. The third-order valence-corrected chi connectivity index (χ3v) is 2.79. The second-order valence-electron chi connectivity index (χ2n) is 3.62. The van der Waals surface area contributed by atoms with Crippen molar-refractivity contribution < 1.29 is 5.11 Å². The van der Waals surface area contributed by atoms with Crippen molar-refractivity contribution in [1.29, 1.82) is 0 Å². The minimum atomic E-state index is -0.523. The Balaban J connectivity index is 2.55. The first-order valence-electron chi connectivity index (χ1n) is 5.10. The van der Waals surface area contributed by atoms with E-state index in [-0.39, 0.29) is 0 Å². The van der Waals surface area contributed by atoms with Crippen LogP contribution in [0.25, 0.3) is 10.4 Å². The minimum absolute atomic E-state index is 0.417. The maximum atomic E-state index is 9.86. The molecule has 0 saturated carbocycles. The fraction of sp³-hybridized carbons (Fsp3) is 0.455. The molecule has 86 valence electrons. The zero-order valence-corrected chi connectivity index (χ0v) is 9.85. The van der Waals surface area contributed by atoms with Gasteiger partial charge in [0.1, 0.15) is 0 Å². The van der Waals surface area contributed by atoms with Crippen molar-refractivity contribution in [1.82, 2.24) is 0 Å². The molecule has 0 spiro atoms. The fourth-order valence-electron chi connectivity index (χ4n) is 1.44. The van der Waals surface area contributed by atoms with Crippen molar-refractivity contribution in [3.8, 4) is 0 Å². The van der Waals surface area contributed by atoms with Crippen molar-refractivity contribution >= 4 is 11.6 Å². The van der Waals surface area contributed by atoms with Gasteiger partial charge in [-0.15, -0.1) is 0 Å². The smallest absolute Gasteiger partial charge is 0.0790 e. The first-order valence-corrected chi connectivity index (χ1v) is 5.48. The standard InChI is InChI=1S/C11H14ClN3O/c1-8-7-9(4-5-10(8)12)11(16)3-2-6-14-15-13/h4-5,7,11,16H,2-3,6H2,1H3. The van der Waals surface area contributed by atoms with Crippen molar-refractivity contribution in [3.63, 3.8) is 0 Å². The molecular weight excluding hydrogens is 226 g/mol. The summed E-state index contributed by atoms with van der Waals surface area (Å²) < 4.78 is 0. The maximum absolute atomic E-state index is 9.86. The predicted octanol–water partition coefficient (Wildman–Crippen LogP) is 3.77. The van der Waals surface area contributed by atoms with E-state index in [1.54, 1.807) is 6.07 Å². The predicted molar refractivity (Wildman–Crippen MR) is 64.4 cm³/mol. The zero-order chi connectivity index (χ0) is 12.0. The Morgan fingerprint density at radius 3 is 2.94 bits per heavy atom. The van der Waals surface area contributed by atoms with Crippen LogP contribution in [-0.4, -0.2) is 11.7 Å². The summed E-state index contributed by atoms with van der Waals surface area (Å²) in [6, 6.07) is 5.47. The van der Waals surface area contributed by atoms with Gasteiger partial charge in [0.25, 0.3) is 0 Å². The fourth-order valence-corrected chi connectivity index (χ4v) is 1.56. The summed E-state index contributed by atoms with van der Waals surface area (Å²) >= 11 is 5.89. The second-order valence-corrected chi connectivity index (χ2v) is 4.03. The van der Waals surface area contributed by atoms with E-state index >= 15 is 0 Å². The van der Waals surface area contributed by atoms with Crippen LogP contribution >= 0.6 is 11.6 Å². The van der Waals surface area contributed by atoms with E-state index in [1.807, 2.05) is 19.1 Å². The van der Waals surface area contributed by atoms with Gasteiger partial charge in [-0.2, -0.15) is 0 Å². The lowest BCUT2D eigenvalue weighted by Crippen LogP contribution is -1.98. The van der Waals surface area contributed by atoms with Gasteiger partial charge >= 0.3 is 0 Å². The number of aryl methyl sites for hydroxylation is 1. The number of benzene rings is 1. The molecule has 0 aliphatic carbocycles. The average molecular weight is 240 g/mol. The Bertz CT molecular complexity index is 402. The van der Waals surface area contributed by atoms with Gasteiger partial charge in [0.2, 0.25) is 0 Å². The number of aliphatic hydroxyl groups excluding tert-OH is 1. The summed E-state index contributed by atoms with van der Waals surface area (Å²) in [7, 11) is 0. The quantitative estimate of drug-likeness (QED) is 0.361. The van der Waals surface area contributed by atoms with Crippen molar-refractivity contribution in [2.45, 2.75) is 25.9 Å². The van der Waals surface area contributed by atoms with E-state index in [1.165, 1.54) is 0 Å². The number of halogens is 1. The lowest BCUT2D eigenvalue weighted by Gasteiger charge is -2.11. The van der Waals surface area contributed by atoms with Gasteiger partial charge in [0, 0.05) is 16.5 Å². The monoisotopic (exact) mass is 239 g/mol. The molecule has 1 N–H and O–H groups in total. The van der Waals surface area contributed by atoms with Crippen LogP contribution in [0, 0.1) is 6.92 Å². The summed E-state index contributed by atoms with van der Waals surface area (Å²) in [5.74, 6) is 0. The Labute approximate surface area is 99.5 Å². The Hall–Kier alpha value is -1.22. The molecule has 16 heavy (non-hydrogen) atoms. The summed E-state index contributed by atoms with van der Waals surface area (Å²) in [5.41, 5.74) is 9.90. The average Bonchev–Trinajstić information content (AvgIpc) is 2.28. The lowest BCUT2D eigenvalue weighted by molar-refractivity contribution is 0.165. The number of nitrogens with zero attached hydrogens (tertiary/aromatic N) is 3. The van der Waals surface area contributed by atoms with Crippen LogP contribution in [-0.2, 0) is 0 Å². The summed E-state index contributed by atoms with van der Waals surface area (Å²) in [6.45, 7) is 2.32. The highest BCUT2D eigenvalue weighted by Gasteiger charge is 2.07. The normalized spacial score (nSPS) is 11.9. The zero-order valence-electron chi connectivity index (χ0n) is 9.10. The second kappa shape index (κ2) is 6.38. The highest BCUT2D eigenvalue weighted by molar-refractivity contribution is 6.31. The van der Waals surface area contributed by atoms with Gasteiger partial charge in [0.05, 0.1) is 6.10 Å². The van der Waals surface area contributed by atoms with E-state index in [4.69, 9.17) is 17.1 Å². The largest absolute Gasteiger partial charge is 0.388 e. The van der Waals surface area contributed by atoms with Crippen LogP contribution in [0.4, 0.5) is 0 Å². The van der Waals surface area contributed by atoms with Crippen LogP contribution in [0.5, 0.6) is 0 Å². The molecule has 1 atom stereocenters. The van der Waals surface area contributed by atoms with Gasteiger partial charge in [0.15, 0.2) is 0 Å². The van der Waals surface area contributed by atoms with Crippen LogP contribution in [0.15, 0.2) is 23.3 Å². The number of hydrogen-bond donors (Lipinski definition) is 1. The summed E-state index contributed by atoms with van der Waals surface area (Å²) in [4.78, 5) is 2.66. The molecule has 0 amide bonds. The van der Waals surface area contributed by atoms with Crippen LogP contribution in [0.2, 0.25) is 5.02 Å². The van der Waals surface area contributed by atoms with Crippen molar-refractivity contribution in [3.05, 3.63) is 44.8 Å². The van der Waals surface area contributed by atoms with Gasteiger partial charge in [-0.1, -0.05) is 28.8 Å². The lowest BCUT2D eigenvalue weighted by atomic mass is 10.0. The Morgan fingerprint density at radius 1 is 1.56 bits per heavy atom. The SMILES string of the molecule is Cc1cc(C(O)CCCN=[N+]=[N-])ccc1Cl. The molecule has 0 bridgehead atoms. The van der Waals surface area contributed by atoms with Gasteiger partial charge in [-0.25, -0.2) is 0 Å². The molecule has 4 nitrogen and oxygen atoms in total. The molecule has 0 aromatic heterocycles. The van der Waals surface area contributed by atoms with E-state index < -0.39 is 6.10 Å². The van der Waals surface area contributed by atoms with Crippen LogP contribution in [0.1, 0.15) is 30.1 Å². The molecule has 0 aliphatic rings. The third-order valence-electron chi connectivity index (χ3n) is 2.37. The molecule has 0 saturated heterocycles. The summed E-state index contributed by atoms with van der Waals surface area (Å²) in [6.07, 6.45) is 0.734. The van der Waals surface area contributed by atoms with E-state index in [9.17, 15) is 5.11 Å². The van der Waals surface area contributed by atoms with E-state index in [2.05, 4.69) is 10.0 Å². The topological polar surface area (TPSA) is 69.0 Å². The minimum Gasteiger partial charge on any atom is -0.388 e. The van der Waals surface area contributed by atoms with Gasteiger partial charge in [-0.3, -0.25) is 0 Å². The number of azide groups is 1. The van der Waals surface area contributed by atoms with Gasteiger partial charge < -0.3 is 5.11 Å². The van der Waals surface area contributed by atoms with Crippen LogP contribution < -0.4 is 0 Å². The Morgan fingerprint density at radius 2 is 2.31 bits per heavy atom. The van der Waals surface area contributed by atoms with Crippen LogP contribution in [0.3, 0.4) is 0 Å². The molecule has 0 aliphatic heterocycles. The highest BCUT2D eigenvalue weighted by Crippen LogP contribution is 2.23. The maximum Gasteiger partial charge on any atom is 0.0790 e. The number of aliphatic hydroxyl groups is 1. The van der Waals surface area contributed by atoms with Crippen molar-refractivity contribution in [2.75, 3.05) is 6.54 Å².